The van der Waals surface area contributed by atoms with Gasteiger partial charge in [-0.25, -0.2) is 4.98 Å². The molecule has 0 saturated carbocycles. The SMILES string of the molecule is Cc1cc(OCCN)nc(C(C)C)n1. The Hall–Kier alpha value is -1.16. The monoisotopic (exact) mass is 195 g/mol. The summed E-state index contributed by atoms with van der Waals surface area (Å²) in [5.74, 6) is 1.75. The average Bonchev–Trinajstić information content (AvgIpc) is 2.14. The number of hydrogen-bond acceptors (Lipinski definition) is 4. The summed E-state index contributed by atoms with van der Waals surface area (Å²) in [6.45, 7) is 7.04. The first-order chi connectivity index (χ1) is 6.63. The first kappa shape index (κ1) is 10.9. The topological polar surface area (TPSA) is 61.0 Å². The second kappa shape index (κ2) is 4.91. The summed E-state index contributed by atoms with van der Waals surface area (Å²) in [5.41, 5.74) is 6.27. The van der Waals surface area contributed by atoms with E-state index in [0.29, 0.717) is 24.9 Å². The molecule has 2 N–H and O–H groups in total. The Morgan fingerprint density at radius 1 is 1.43 bits per heavy atom. The van der Waals surface area contributed by atoms with Crippen LogP contribution in [0.25, 0.3) is 0 Å². The Bertz CT molecular complexity index is 299. The van der Waals surface area contributed by atoms with Crippen molar-refractivity contribution >= 4 is 0 Å². The number of aryl methyl sites for hydroxylation is 1. The van der Waals surface area contributed by atoms with Crippen molar-refractivity contribution in [3.05, 3.63) is 17.6 Å². The predicted molar refractivity (Wildman–Crippen MR) is 55.4 cm³/mol. The Labute approximate surface area is 84.5 Å². The third-order valence-corrected chi connectivity index (χ3v) is 1.73. The molecule has 0 aliphatic carbocycles. The third-order valence-electron chi connectivity index (χ3n) is 1.73. The highest BCUT2D eigenvalue weighted by molar-refractivity contribution is 5.16. The molecule has 1 aromatic rings. The highest BCUT2D eigenvalue weighted by Crippen LogP contribution is 2.14. The standard InChI is InChI=1S/C10H17N3O/c1-7(2)10-12-8(3)6-9(13-10)14-5-4-11/h6-7H,4-5,11H2,1-3H3. The molecule has 0 fully saturated rings. The molecule has 0 aliphatic heterocycles. The molecule has 0 spiro atoms. The summed E-state index contributed by atoms with van der Waals surface area (Å²) >= 11 is 0. The highest BCUT2D eigenvalue weighted by atomic mass is 16.5. The van der Waals surface area contributed by atoms with Crippen LogP contribution in [0.5, 0.6) is 5.88 Å². The van der Waals surface area contributed by atoms with Crippen molar-refractivity contribution in [3.63, 3.8) is 0 Å². The number of hydrogen-bond donors (Lipinski definition) is 1. The Morgan fingerprint density at radius 2 is 2.14 bits per heavy atom. The van der Waals surface area contributed by atoms with E-state index in [-0.39, 0.29) is 0 Å². The Balaban J connectivity index is 2.84. The minimum Gasteiger partial charge on any atom is -0.476 e. The molecule has 0 saturated heterocycles. The fourth-order valence-corrected chi connectivity index (χ4v) is 1.06. The fraction of sp³-hybridized carbons (Fsp3) is 0.600. The van der Waals surface area contributed by atoms with Crippen molar-refractivity contribution < 1.29 is 4.74 Å². The van der Waals surface area contributed by atoms with Crippen molar-refractivity contribution in [1.29, 1.82) is 0 Å². The van der Waals surface area contributed by atoms with Crippen LogP contribution in [0.15, 0.2) is 6.07 Å². The lowest BCUT2D eigenvalue weighted by atomic mass is 10.2. The lowest BCUT2D eigenvalue weighted by molar-refractivity contribution is 0.313. The van der Waals surface area contributed by atoms with Gasteiger partial charge in [0, 0.05) is 24.2 Å². The molecule has 1 heterocycles. The number of aromatic nitrogens is 2. The van der Waals surface area contributed by atoms with Gasteiger partial charge in [0.2, 0.25) is 5.88 Å². The molecule has 14 heavy (non-hydrogen) atoms. The Kier molecular flexibility index (Phi) is 3.83. The maximum Gasteiger partial charge on any atom is 0.216 e. The molecule has 78 valence electrons. The molecule has 1 aromatic heterocycles. The van der Waals surface area contributed by atoms with Crippen molar-refractivity contribution in [3.8, 4) is 5.88 Å². The van der Waals surface area contributed by atoms with Gasteiger partial charge < -0.3 is 10.5 Å². The van der Waals surface area contributed by atoms with Gasteiger partial charge in [-0.15, -0.1) is 0 Å². The van der Waals surface area contributed by atoms with Crippen LogP contribution in [0.2, 0.25) is 0 Å². The molecule has 0 aromatic carbocycles. The normalized spacial score (nSPS) is 10.6. The number of nitrogens with two attached hydrogens (primary N) is 1. The van der Waals surface area contributed by atoms with Crippen molar-refractivity contribution in [2.45, 2.75) is 26.7 Å². The smallest absolute Gasteiger partial charge is 0.216 e. The predicted octanol–water partition coefficient (Wildman–Crippen LogP) is 1.25. The molecular weight excluding hydrogens is 178 g/mol. The number of nitrogens with zero attached hydrogens (tertiary/aromatic N) is 2. The molecule has 0 unspecified atom stereocenters. The molecule has 4 nitrogen and oxygen atoms in total. The summed E-state index contributed by atoms with van der Waals surface area (Å²) in [6.07, 6.45) is 0. The minimum absolute atomic E-state index is 0.315. The van der Waals surface area contributed by atoms with Crippen LogP contribution in [0.4, 0.5) is 0 Å². The molecule has 0 bridgehead atoms. The van der Waals surface area contributed by atoms with Gasteiger partial charge in [0.15, 0.2) is 0 Å². The van der Waals surface area contributed by atoms with Crippen LogP contribution >= 0.6 is 0 Å². The largest absolute Gasteiger partial charge is 0.476 e. The van der Waals surface area contributed by atoms with Crippen LogP contribution in [-0.2, 0) is 0 Å². The lowest BCUT2D eigenvalue weighted by Gasteiger charge is -2.08. The van der Waals surface area contributed by atoms with Crippen LogP contribution in [0, 0.1) is 6.92 Å². The fourth-order valence-electron chi connectivity index (χ4n) is 1.06. The van der Waals surface area contributed by atoms with Gasteiger partial charge in [-0.1, -0.05) is 13.8 Å². The van der Waals surface area contributed by atoms with E-state index in [9.17, 15) is 0 Å². The van der Waals surface area contributed by atoms with Gasteiger partial charge in [0.05, 0.1) is 0 Å². The van der Waals surface area contributed by atoms with E-state index < -0.39 is 0 Å². The van der Waals surface area contributed by atoms with Gasteiger partial charge in [-0.3, -0.25) is 0 Å². The van der Waals surface area contributed by atoms with Crippen molar-refractivity contribution in [1.82, 2.24) is 9.97 Å². The minimum atomic E-state index is 0.315. The van der Waals surface area contributed by atoms with E-state index in [0.717, 1.165) is 11.5 Å². The van der Waals surface area contributed by atoms with Gasteiger partial charge in [0.25, 0.3) is 0 Å². The quantitative estimate of drug-likeness (QED) is 0.785. The number of rotatable bonds is 4. The third kappa shape index (κ3) is 2.96. The van der Waals surface area contributed by atoms with Gasteiger partial charge in [-0.05, 0) is 6.92 Å². The van der Waals surface area contributed by atoms with Crippen LogP contribution < -0.4 is 10.5 Å². The van der Waals surface area contributed by atoms with E-state index in [4.69, 9.17) is 10.5 Å². The van der Waals surface area contributed by atoms with E-state index in [1.54, 1.807) is 0 Å². The molecule has 0 amide bonds. The Morgan fingerprint density at radius 3 is 2.71 bits per heavy atom. The zero-order valence-corrected chi connectivity index (χ0v) is 8.95. The first-order valence-electron chi connectivity index (χ1n) is 4.82. The molecular formula is C10H17N3O. The van der Waals surface area contributed by atoms with E-state index >= 15 is 0 Å². The van der Waals surface area contributed by atoms with Gasteiger partial charge in [0.1, 0.15) is 12.4 Å². The summed E-state index contributed by atoms with van der Waals surface area (Å²) < 4.78 is 5.35. The lowest BCUT2D eigenvalue weighted by Crippen LogP contribution is -2.12. The maximum atomic E-state index is 5.35. The molecule has 1 rings (SSSR count). The average molecular weight is 195 g/mol. The van der Waals surface area contributed by atoms with Crippen molar-refractivity contribution in [2.75, 3.05) is 13.2 Å². The zero-order chi connectivity index (χ0) is 10.6. The van der Waals surface area contributed by atoms with Gasteiger partial charge >= 0.3 is 0 Å². The van der Waals surface area contributed by atoms with E-state index in [2.05, 4.69) is 23.8 Å². The second-order valence-corrected chi connectivity index (χ2v) is 3.50. The van der Waals surface area contributed by atoms with E-state index in [1.807, 2.05) is 13.0 Å². The van der Waals surface area contributed by atoms with Crippen LogP contribution in [-0.4, -0.2) is 23.1 Å². The molecule has 0 radical (unpaired) electrons. The molecule has 0 atom stereocenters. The number of ether oxygens (including phenoxy) is 1. The van der Waals surface area contributed by atoms with Crippen molar-refractivity contribution in [2.24, 2.45) is 5.73 Å². The molecule has 4 heteroatoms. The molecule has 0 aliphatic rings. The zero-order valence-electron chi connectivity index (χ0n) is 8.95. The summed E-state index contributed by atoms with van der Waals surface area (Å²) in [5, 5.41) is 0. The van der Waals surface area contributed by atoms with Gasteiger partial charge in [-0.2, -0.15) is 4.98 Å². The van der Waals surface area contributed by atoms with Crippen LogP contribution in [0.1, 0.15) is 31.3 Å². The maximum absolute atomic E-state index is 5.35. The van der Waals surface area contributed by atoms with E-state index in [1.165, 1.54) is 0 Å². The summed E-state index contributed by atoms with van der Waals surface area (Å²) in [6, 6.07) is 1.82. The summed E-state index contributed by atoms with van der Waals surface area (Å²) in [7, 11) is 0. The first-order valence-corrected chi connectivity index (χ1v) is 4.82. The van der Waals surface area contributed by atoms with Crippen LogP contribution in [0.3, 0.4) is 0 Å². The second-order valence-electron chi connectivity index (χ2n) is 3.50. The summed E-state index contributed by atoms with van der Waals surface area (Å²) in [4.78, 5) is 8.60. The highest BCUT2D eigenvalue weighted by Gasteiger charge is 2.06.